The van der Waals surface area contributed by atoms with Crippen molar-refractivity contribution in [3.63, 3.8) is 0 Å². The molecule has 1 aliphatic carbocycles. The molecule has 3 fully saturated rings. The SMILES string of the molecule is C[C@H]1COc2nc(-c3cc(O)cc(Cl)c3C3CC3)c(F)c3nc(OC[C@@]45CCCN4C[C@H](F)C5)nc(c23)N1[C@@H](C)C(N)=O. The van der Waals surface area contributed by atoms with E-state index >= 15 is 4.39 Å². The van der Waals surface area contributed by atoms with E-state index in [4.69, 9.17) is 26.8 Å². The Bertz CT molecular complexity index is 1640. The number of ether oxygens (including phenoxy) is 2. The number of phenols is 1. The van der Waals surface area contributed by atoms with Crippen molar-refractivity contribution in [3.8, 4) is 28.9 Å². The second-order valence-electron chi connectivity index (χ2n) is 12.3. The summed E-state index contributed by atoms with van der Waals surface area (Å²) in [5, 5.41) is 10.9. The third kappa shape index (κ3) is 4.69. The lowest BCUT2D eigenvalue weighted by molar-refractivity contribution is -0.119. The third-order valence-corrected chi connectivity index (χ3v) is 9.62. The Kier molecular flexibility index (Phi) is 6.77. The molecule has 13 heteroatoms. The number of nitrogens with zero attached hydrogens (tertiary/aromatic N) is 5. The molecule has 4 atom stereocenters. The number of halogens is 3. The molecule has 0 unspecified atom stereocenters. The van der Waals surface area contributed by atoms with Gasteiger partial charge in [-0.2, -0.15) is 9.97 Å². The molecule has 43 heavy (non-hydrogen) atoms. The number of amides is 1. The largest absolute Gasteiger partial charge is 0.508 e. The molecule has 0 spiro atoms. The quantitative estimate of drug-likeness (QED) is 0.396. The van der Waals surface area contributed by atoms with Gasteiger partial charge in [0.1, 0.15) is 53.6 Å². The summed E-state index contributed by atoms with van der Waals surface area (Å²) >= 11 is 6.54. The fourth-order valence-electron chi connectivity index (χ4n) is 7.06. The number of carbonyl (C=O) groups is 1. The maximum absolute atomic E-state index is 16.7. The van der Waals surface area contributed by atoms with Crippen LogP contribution in [-0.2, 0) is 4.79 Å². The van der Waals surface area contributed by atoms with Crippen LogP contribution in [-0.4, -0.2) is 81.0 Å². The van der Waals surface area contributed by atoms with Gasteiger partial charge in [0.15, 0.2) is 5.82 Å². The number of hydrogen-bond donors (Lipinski definition) is 2. The number of aromatic hydroxyl groups is 1. The number of carbonyl (C=O) groups excluding carboxylic acids is 1. The topological polar surface area (TPSA) is 127 Å². The zero-order valence-electron chi connectivity index (χ0n) is 23.9. The minimum atomic E-state index is -0.945. The summed E-state index contributed by atoms with van der Waals surface area (Å²) in [5.74, 6) is -1.09. The number of pyridine rings is 1. The van der Waals surface area contributed by atoms with Crippen molar-refractivity contribution < 1.29 is 28.2 Å². The maximum atomic E-state index is 16.7. The number of phenolic OH excluding ortho intramolecular Hbond substituents is 1. The van der Waals surface area contributed by atoms with Crippen LogP contribution in [0.3, 0.4) is 0 Å². The highest BCUT2D eigenvalue weighted by molar-refractivity contribution is 6.32. The molecule has 3 aliphatic heterocycles. The zero-order valence-corrected chi connectivity index (χ0v) is 24.7. The Hall–Kier alpha value is -3.51. The maximum Gasteiger partial charge on any atom is 0.319 e. The number of benzene rings is 1. The molecule has 2 saturated heterocycles. The Morgan fingerprint density at radius 1 is 1.33 bits per heavy atom. The summed E-state index contributed by atoms with van der Waals surface area (Å²) in [6, 6.07) is 1.55. The number of nitrogens with two attached hydrogens (primary N) is 1. The van der Waals surface area contributed by atoms with E-state index in [1.807, 2.05) is 6.92 Å². The highest BCUT2D eigenvalue weighted by atomic mass is 35.5. The molecule has 1 aromatic carbocycles. The Balaban J connectivity index is 1.42. The van der Waals surface area contributed by atoms with Crippen molar-refractivity contribution in [1.82, 2.24) is 19.9 Å². The first-order chi connectivity index (χ1) is 20.6. The number of anilines is 1. The van der Waals surface area contributed by atoms with Crippen LogP contribution in [0.4, 0.5) is 14.6 Å². The van der Waals surface area contributed by atoms with Gasteiger partial charge in [-0.1, -0.05) is 11.6 Å². The Labute approximate surface area is 252 Å². The second kappa shape index (κ2) is 10.3. The first-order valence-electron chi connectivity index (χ1n) is 14.7. The number of rotatable bonds is 7. The summed E-state index contributed by atoms with van der Waals surface area (Å²) in [7, 11) is 0. The smallest absolute Gasteiger partial charge is 0.319 e. The highest BCUT2D eigenvalue weighted by Gasteiger charge is 2.49. The van der Waals surface area contributed by atoms with E-state index in [1.165, 1.54) is 12.1 Å². The first kappa shape index (κ1) is 28.3. The molecular weight excluding hydrogens is 582 g/mol. The predicted molar refractivity (Wildman–Crippen MR) is 156 cm³/mol. The van der Waals surface area contributed by atoms with Crippen LogP contribution in [0.2, 0.25) is 5.02 Å². The van der Waals surface area contributed by atoms with E-state index in [9.17, 15) is 14.3 Å². The van der Waals surface area contributed by atoms with E-state index in [1.54, 1.807) is 11.8 Å². The second-order valence-corrected chi connectivity index (χ2v) is 12.7. The van der Waals surface area contributed by atoms with Crippen LogP contribution in [0.1, 0.15) is 57.4 Å². The number of hydrogen-bond acceptors (Lipinski definition) is 9. The van der Waals surface area contributed by atoms with Crippen molar-refractivity contribution in [2.75, 3.05) is 31.2 Å². The van der Waals surface area contributed by atoms with Crippen LogP contribution in [0.15, 0.2) is 12.1 Å². The first-order valence-corrected chi connectivity index (χ1v) is 15.1. The van der Waals surface area contributed by atoms with E-state index in [2.05, 4.69) is 19.9 Å². The Morgan fingerprint density at radius 2 is 2.12 bits per heavy atom. The standard InChI is InChI=1S/C30H33ClF2N6O4/c1-14-12-42-28-22-25(23(33)24(35-28)19-8-18(40)9-20(31)21(19)16-4-5-16)36-29(37-27(22)39(14)15(2)26(34)41)43-13-30-6-3-7-38(30)11-17(32)10-30/h8-9,14-17,40H,3-7,10-13H2,1-2H3,(H2,34,41)/t14-,15-,17+,30-/m0/s1. The highest BCUT2D eigenvalue weighted by Crippen LogP contribution is 2.50. The van der Waals surface area contributed by atoms with Gasteiger partial charge in [-0.3, -0.25) is 9.69 Å². The number of aromatic nitrogens is 3. The van der Waals surface area contributed by atoms with Crippen molar-refractivity contribution in [2.45, 2.75) is 75.7 Å². The molecule has 1 saturated carbocycles. The van der Waals surface area contributed by atoms with Gasteiger partial charge in [-0.25, -0.2) is 13.8 Å². The van der Waals surface area contributed by atoms with Crippen LogP contribution >= 0.6 is 11.6 Å². The molecular formula is C30H33ClF2N6O4. The fraction of sp³-hybridized carbons (Fsp3) is 0.533. The van der Waals surface area contributed by atoms with Gasteiger partial charge in [0, 0.05) is 23.6 Å². The number of fused-ring (bicyclic) bond motifs is 1. The van der Waals surface area contributed by atoms with E-state index < -0.39 is 35.5 Å². The lowest BCUT2D eigenvalue weighted by atomic mass is 9.95. The van der Waals surface area contributed by atoms with E-state index in [-0.39, 0.29) is 59.2 Å². The van der Waals surface area contributed by atoms with E-state index in [0.717, 1.165) is 32.2 Å². The van der Waals surface area contributed by atoms with E-state index in [0.29, 0.717) is 29.1 Å². The molecule has 3 N–H and O–H groups in total. The molecule has 4 aliphatic rings. The summed E-state index contributed by atoms with van der Waals surface area (Å²) in [4.78, 5) is 30.0. The van der Waals surface area contributed by atoms with Crippen LogP contribution in [0.5, 0.6) is 17.6 Å². The molecule has 2 aromatic heterocycles. The van der Waals surface area contributed by atoms with Crippen LogP contribution in [0.25, 0.3) is 22.2 Å². The van der Waals surface area contributed by atoms with Gasteiger partial charge in [0.25, 0.3) is 0 Å². The van der Waals surface area contributed by atoms with Gasteiger partial charge in [-0.15, -0.1) is 0 Å². The van der Waals surface area contributed by atoms with Crippen molar-refractivity contribution in [1.29, 1.82) is 0 Å². The van der Waals surface area contributed by atoms with Gasteiger partial charge >= 0.3 is 6.01 Å². The summed E-state index contributed by atoms with van der Waals surface area (Å²) < 4.78 is 43.4. The predicted octanol–water partition coefficient (Wildman–Crippen LogP) is 4.48. The fourth-order valence-corrected chi connectivity index (χ4v) is 7.43. The van der Waals surface area contributed by atoms with Crippen LogP contribution < -0.4 is 20.1 Å². The molecule has 5 heterocycles. The third-order valence-electron chi connectivity index (χ3n) is 9.31. The minimum absolute atomic E-state index is 0.0709. The molecule has 3 aromatic rings. The lowest BCUT2D eigenvalue weighted by Gasteiger charge is -2.33. The summed E-state index contributed by atoms with van der Waals surface area (Å²) in [6.07, 6.45) is 2.88. The van der Waals surface area contributed by atoms with Crippen molar-refractivity contribution in [2.24, 2.45) is 5.73 Å². The lowest BCUT2D eigenvalue weighted by Crippen LogP contribution is -2.49. The van der Waals surface area contributed by atoms with Gasteiger partial charge in [-0.05, 0) is 69.7 Å². The monoisotopic (exact) mass is 614 g/mol. The molecule has 0 bridgehead atoms. The molecule has 7 rings (SSSR count). The molecule has 1 amide bonds. The number of alkyl halides is 1. The summed E-state index contributed by atoms with van der Waals surface area (Å²) in [6.45, 7) is 4.86. The van der Waals surface area contributed by atoms with Crippen LogP contribution in [0, 0.1) is 5.82 Å². The normalized spacial score (nSPS) is 25.8. The number of primary amides is 1. The molecule has 10 nitrogen and oxygen atoms in total. The zero-order chi connectivity index (χ0) is 30.2. The Morgan fingerprint density at radius 3 is 2.86 bits per heavy atom. The molecule has 228 valence electrons. The van der Waals surface area contributed by atoms with Gasteiger partial charge in [0.2, 0.25) is 11.8 Å². The van der Waals surface area contributed by atoms with Gasteiger partial charge in [0.05, 0.1) is 11.6 Å². The summed E-state index contributed by atoms with van der Waals surface area (Å²) in [5.41, 5.74) is 6.12. The minimum Gasteiger partial charge on any atom is -0.508 e. The average Bonchev–Trinajstić information content (AvgIpc) is 3.66. The van der Waals surface area contributed by atoms with Gasteiger partial charge < -0.3 is 25.2 Å². The average molecular weight is 615 g/mol. The van der Waals surface area contributed by atoms with Crippen molar-refractivity contribution >= 4 is 34.2 Å². The van der Waals surface area contributed by atoms with Crippen molar-refractivity contribution in [3.05, 3.63) is 28.5 Å². The molecule has 0 radical (unpaired) electrons.